The number of carbonyl (C=O) groups is 2. The first-order chi connectivity index (χ1) is 14.0. The number of rotatable bonds is 6. The van der Waals surface area contributed by atoms with Gasteiger partial charge in [-0.3, -0.25) is 14.6 Å². The monoisotopic (exact) mass is 400 g/mol. The molecule has 0 aromatic carbocycles. The largest absolute Gasteiger partial charge is 0.378 e. The maximum absolute atomic E-state index is 12.7. The van der Waals surface area contributed by atoms with E-state index >= 15 is 0 Å². The molecule has 2 heterocycles. The highest BCUT2D eigenvalue weighted by molar-refractivity contribution is 5.91. The zero-order valence-electron chi connectivity index (χ0n) is 17.6. The molecule has 0 radical (unpaired) electrons. The quantitative estimate of drug-likeness (QED) is 0.741. The molecule has 7 heteroatoms. The van der Waals surface area contributed by atoms with E-state index < -0.39 is 0 Å². The van der Waals surface area contributed by atoms with Gasteiger partial charge in [0.1, 0.15) is 5.69 Å². The molecule has 7 nitrogen and oxygen atoms in total. The lowest BCUT2D eigenvalue weighted by molar-refractivity contribution is -0.136. The van der Waals surface area contributed by atoms with Crippen LogP contribution in [0.25, 0.3) is 0 Å². The fourth-order valence-corrected chi connectivity index (χ4v) is 4.38. The van der Waals surface area contributed by atoms with E-state index in [1.165, 1.54) is 18.0 Å². The summed E-state index contributed by atoms with van der Waals surface area (Å²) in [6.45, 7) is 9.78. The molecule has 2 aliphatic rings. The molecule has 1 aliphatic carbocycles. The van der Waals surface area contributed by atoms with E-state index in [4.69, 9.17) is 4.74 Å². The maximum atomic E-state index is 12.7. The van der Waals surface area contributed by atoms with Gasteiger partial charge in [0, 0.05) is 38.4 Å². The van der Waals surface area contributed by atoms with Gasteiger partial charge < -0.3 is 15.0 Å². The third-order valence-corrected chi connectivity index (χ3v) is 6.16. The Bertz CT molecular complexity index is 729. The molecule has 1 aromatic rings. The van der Waals surface area contributed by atoms with Crippen LogP contribution in [0.5, 0.6) is 0 Å². The third-order valence-electron chi connectivity index (χ3n) is 6.16. The van der Waals surface area contributed by atoms with Crippen molar-refractivity contribution in [3.63, 3.8) is 0 Å². The molecule has 2 amide bonds. The van der Waals surface area contributed by atoms with Crippen molar-refractivity contribution in [2.24, 2.45) is 23.7 Å². The first kappa shape index (κ1) is 21.4. The van der Waals surface area contributed by atoms with Gasteiger partial charge in [0.05, 0.1) is 19.4 Å². The lowest BCUT2D eigenvalue weighted by Crippen LogP contribution is -2.42. The summed E-state index contributed by atoms with van der Waals surface area (Å²) in [5, 5.41) is 3.01. The molecule has 0 bridgehead atoms. The van der Waals surface area contributed by atoms with E-state index in [-0.39, 0.29) is 23.7 Å². The Kier molecular flexibility index (Phi) is 7.36. The van der Waals surface area contributed by atoms with Crippen LogP contribution in [0.1, 0.15) is 44.1 Å². The maximum Gasteiger partial charge on any atom is 0.271 e. The van der Waals surface area contributed by atoms with Crippen LogP contribution in [-0.4, -0.2) is 59.5 Å². The van der Waals surface area contributed by atoms with Crippen LogP contribution in [0.3, 0.4) is 0 Å². The number of hydrogen-bond donors (Lipinski definition) is 1. The number of allylic oxidation sites excluding steroid dienone is 1. The van der Waals surface area contributed by atoms with E-state index in [2.05, 4.69) is 42.1 Å². The topological polar surface area (TPSA) is 84.4 Å². The summed E-state index contributed by atoms with van der Waals surface area (Å²) in [6, 6.07) is 0. The zero-order chi connectivity index (χ0) is 20.8. The smallest absolute Gasteiger partial charge is 0.271 e. The third kappa shape index (κ3) is 5.63. The van der Waals surface area contributed by atoms with Crippen LogP contribution in [0.4, 0.5) is 0 Å². The first-order valence-corrected chi connectivity index (χ1v) is 10.5. The summed E-state index contributed by atoms with van der Waals surface area (Å²) in [4.78, 5) is 35.0. The summed E-state index contributed by atoms with van der Waals surface area (Å²) in [5.74, 6) is 1.44. The predicted molar refractivity (Wildman–Crippen MR) is 110 cm³/mol. The van der Waals surface area contributed by atoms with Crippen LogP contribution in [0.15, 0.2) is 30.2 Å². The standard InChI is InChI=1S/C22H32N4O3/c1-15(2)19-11-17(12-21(27)26-6-8-29-9-7-26)16(3)10-18(19)13-25-22(28)20-14-23-4-5-24-20/h4-5,10,14-15,17-19H,6-9,11-13H2,1-3H3,(H,25,28)/t17-,18-,19-/m0/s1. The van der Waals surface area contributed by atoms with Gasteiger partial charge in [-0.25, -0.2) is 4.98 Å². The molecular weight excluding hydrogens is 368 g/mol. The predicted octanol–water partition coefficient (Wildman–Crippen LogP) is 2.31. The van der Waals surface area contributed by atoms with Crippen LogP contribution >= 0.6 is 0 Å². The second-order valence-electron chi connectivity index (χ2n) is 8.41. The lowest BCUT2D eigenvalue weighted by atomic mass is 9.69. The summed E-state index contributed by atoms with van der Waals surface area (Å²) in [6.07, 6.45) is 8.35. The van der Waals surface area contributed by atoms with Crippen LogP contribution < -0.4 is 5.32 Å². The van der Waals surface area contributed by atoms with Crippen molar-refractivity contribution in [1.29, 1.82) is 0 Å². The van der Waals surface area contributed by atoms with Gasteiger partial charge in [-0.2, -0.15) is 0 Å². The number of aromatic nitrogens is 2. The Labute approximate surface area is 172 Å². The highest BCUT2D eigenvalue weighted by Crippen LogP contribution is 2.39. The Morgan fingerprint density at radius 2 is 2.03 bits per heavy atom. The van der Waals surface area contributed by atoms with Crippen LogP contribution in [0, 0.1) is 23.7 Å². The first-order valence-electron chi connectivity index (χ1n) is 10.5. The molecule has 1 fully saturated rings. The molecule has 0 spiro atoms. The van der Waals surface area contributed by atoms with Gasteiger partial charge in [-0.05, 0) is 37.0 Å². The van der Waals surface area contributed by atoms with E-state index in [9.17, 15) is 9.59 Å². The molecule has 158 valence electrons. The highest BCUT2D eigenvalue weighted by Gasteiger charge is 2.33. The summed E-state index contributed by atoms with van der Waals surface area (Å²) in [7, 11) is 0. The number of nitrogens with one attached hydrogen (secondary N) is 1. The number of hydrogen-bond acceptors (Lipinski definition) is 5. The van der Waals surface area contributed by atoms with Crippen molar-refractivity contribution in [2.45, 2.75) is 33.6 Å². The Morgan fingerprint density at radius 3 is 2.69 bits per heavy atom. The number of morpholine rings is 1. The second-order valence-corrected chi connectivity index (χ2v) is 8.41. The van der Waals surface area contributed by atoms with Gasteiger partial charge in [-0.15, -0.1) is 0 Å². The van der Waals surface area contributed by atoms with Crippen molar-refractivity contribution in [1.82, 2.24) is 20.2 Å². The number of nitrogens with zero attached hydrogens (tertiary/aromatic N) is 3. The summed E-state index contributed by atoms with van der Waals surface area (Å²) in [5.41, 5.74) is 1.58. The summed E-state index contributed by atoms with van der Waals surface area (Å²) >= 11 is 0. The molecule has 1 aromatic heterocycles. The van der Waals surface area contributed by atoms with Crippen molar-refractivity contribution >= 4 is 11.8 Å². The van der Waals surface area contributed by atoms with E-state index in [1.807, 2.05) is 4.90 Å². The normalized spacial score (nSPS) is 24.9. The molecular formula is C22H32N4O3. The number of amides is 2. The van der Waals surface area contributed by atoms with Gasteiger partial charge in [0.15, 0.2) is 0 Å². The van der Waals surface area contributed by atoms with Crippen molar-refractivity contribution in [3.05, 3.63) is 35.9 Å². The van der Waals surface area contributed by atoms with E-state index in [0.29, 0.717) is 56.8 Å². The minimum Gasteiger partial charge on any atom is -0.378 e. The average Bonchev–Trinajstić information content (AvgIpc) is 2.74. The molecule has 3 atom stereocenters. The average molecular weight is 401 g/mol. The molecule has 0 unspecified atom stereocenters. The van der Waals surface area contributed by atoms with Crippen LogP contribution in [0.2, 0.25) is 0 Å². The molecule has 0 saturated carbocycles. The van der Waals surface area contributed by atoms with Crippen molar-refractivity contribution in [2.75, 3.05) is 32.8 Å². The van der Waals surface area contributed by atoms with E-state index in [1.54, 1.807) is 6.20 Å². The van der Waals surface area contributed by atoms with Crippen molar-refractivity contribution in [3.8, 4) is 0 Å². The van der Waals surface area contributed by atoms with E-state index in [0.717, 1.165) is 6.42 Å². The fraction of sp³-hybridized carbons (Fsp3) is 0.636. The molecule has 1 saturated heterocycles. The van der Waals surface area contributed by atoms with Gasteiger partial charge in [-0.1, -0.05) is 25.5 Å². The minimum atomic E-state index is -0.198. The second kappa shape index (κ2) is 9.96. The molecule has 29 heavy (non-hydrogen) atoms. The molecule has 3 rings (SSSR count). The van der Waals surface area contributed by atoms with Crippen molar-refractivity contribution < 1.29 is 14.3 Å². The SMILES string of the molecule is CC1=C[C@@H](CNC(=O)c2cnccn2)[C@H](C(C)C)C[C@H]1CC(=O)N1CCOCC1. The molecule has 1 aliphatic heterocycles. The summed E-state index contributed by atoms with van der Waals surface area (Å²) < 4.78 is 5.35. The Hall–Kier alpha value is -2.28. The Morgan fingerprint density at radius 1 is 1.28 bits per heavy atom. The van der Waals surface area contributed by atoms with Gasteiger partial charge in [0.25, 0.3) is 5.91 Å². The van der Waals surface area contributed by atoms with Gasteiger partial charge >= 0.3 is 0 Å². The fourth-order valence-electron chi connectivity index (χ4n) is 4.38. The lowest BCUT2D eigenvalue weighted by Gasteiger charge is -2.38. The van der Waals surface area contributed by atoms with Gasteiger partial charge in [0.2, 0.25) is 5.91 Å². The molecule has 1 N–H and O–H groups in total. The van der Waals surface area contributed by atoms with Crippen LogP contribution in [-0.2, 0) is 9.53 Å². The number of carbonyl (C=O) groups excluding carboxylic acids is 2. The highest BCUT2D eigenvalue weighted by atomic mass is 16.5. The minimum absolute atomic E-state index is 0.198. The Balaban J connectivity index is 1.62. The number of ether oxygens (including phenoxy) is 1. The zero-order valence-corrected chi connectivity index (χ0v) is 17.6.